The van der Waals surface area contributed by atoms with E-state index in [-0.39, 0.29) is 30.9 Å². The standard InChI is InChI=1S/C17H19Cl2N3O2S/c1-11(14-7-4-8-25-14)20-15(23)9-22(2)10-16(24)21-17-12(18)5-3-6-13(17)19/h3-8,11H,9-10H2,1-2H3,(H,20,23)(H,21,24)/p+1/t11-/m0/s1. The molecule has 3 N–H and O–H groups in total. The van der Waals surface area contributed by atoms with Gasteiger partial charge in [0.1, 0.15) is 0 Å². The lowest BCUT2D eigenvalue weighted by Crippen LogP contribution is -3.11. The minimum Gasteiger partial charge on any atom is -0.344 e. The molecule has 0 saturated heterocycles. The summed E-state index contributed by atoms with van der Waals surface area (Å²) in [6, 6.07) is 8.89. The summed E-state index contributed by atoms with van der Waals surface area (Å²) in [5.41, 5.74) is 0.388. The van der Waals surface area contributed by atoms with E-state index in [0.29, 0.717) is 15.7 Å². The van der Waals surface area contributed by atoms with Crippen molar-refractivity contribution in [3.63, 3.8) is 0 Å². The Bertz CT molecular complexity index is 717. The van der Waals surface area contributed by atoms with Crippen LogP contribution in [0.25, 0.3) is 0 Å². The summed E-state index contributed by atoms with van der Waals surface area (Å²) in [4.78, 5) is 26.1. The molecular formula is C17H20Cl2N3O2S+. The Hall–Kier alpha value is -1.60. The second-order valence-corrected chi connectivity index (χ2v) is 7.55. The quantitative estimate of drug-likeness (QED) is 0.667. The zero-order valence-corrected chi connectivity index (χ0v) is 16.3. The van der Waals surface area contributed by atoms with Crippen LogP contribution >= 0.6 is 34.5 Å². The first-order valence-electron chi connectivity index (χ1n) is 7.74. The molecule has 1 heterocycles. The number of likely N-dealkylation sites (N-methyl/N-ethyl adjacent to an activating group) is 1. The predicted octanol–water partition coefficient (Wildman–Crippen LogP) is 2.39. The number of para-hydroxylation sites is 1. The van der Waals surface area contributed by atoms with Crippen molar-refractivity contribution < 1.29 is 14.5 Å². The number of benzene rings is 1. The van der Waals surface area contributed by atoms with E-state index in [1.807, 2.05) is 24.4 Å². The summed E-state index contributed by atoms with van der Waals surface area (Å²) >= 11 is 13.7. The molecule has 2 rings (SSSR count). The fourth-order valence-electron chi connectivity index (χ4n) is 2.31. The molecule has 8 heteroatoms. The Morgan fingerprint density at radius 3 is 2.36 bits per heavy atom. The molecule has 0 aliphatic rings. The van der Waals surface area contributed by atoms with E-state index in [0.717, 1.165) is 9.78 Å². The molecule has 0 saturated carbocycles. The smallest absolute Gasteiger partial charge is 0.279 e. The molecule has 1 aromatic heterocycles. The van der Waals surface area contributed by atoms with Crippen LogP contribution < -0.4 is 15.5 Å². The summed E-state index contributed by atoms with van der Waals surface area (Å²) in [7, 11) is 1.78. The number of hydrogen-bond acceptors (Lipinski definition) is 3. The van der Waals surface area contributed by atoms with E-state index in [2.05, 4.69) is 10.6 Å². The summed E-state index contributed by atoms with van der Waals surface area (Å²) in [5.74, 6) is -0.367. The Morgan fingerprint density at radius 1 is 1.12 bits per heavy atom. The van der Waals surface area contributed by atoms with Crippen molar-refractivity contribution in [1.82, 2.24) is 5.32 Å². The molecule has 1 unspecified atom stereocenters. The number of carbonyl (C=O) groups is 2. The zero-order valence-electron chi connectivity index (χ0n) is 13.9. The van der Waals surface area contributed by atoms with Crippen molar-refractivity contribution >= 4 is 52.0 Å². The van der Waals surface area contributed by atoms with Gasteiger partial charge in [-0.2, -0.15) is 0 Å². The Balaban J connectivity index is 1.82. The van der Waals surface area contributed by atoms with Crippen molar-refractivity contribution in [2.45, 2.75) is 13.0 Å². The maximum atomic E-state index is 12.1. The van der Waals surface area contributed by atoms with Crippen LogP contribution in [0.15, 0.2) is 35.7 Å². The molecule has 134 valence electrons. The summed E-state index contributed by atoms with van der Waals surface area (Å²) < 4.78 is 0. The Labute approximate surface area is 160 Å². The van der Waals surface area contributed by atoms with Crippen LogP contribution in [-0.2, 0) is 9.59 Å². The maximum Gasteiger partial charge on any atom is 0.279 e. The molecule has 2 amide bonds. The van der Waals surface area contributed by atoms with Gasteiger partial charge in [-0.25, -0.2) is 0 Å². The van der Waals surface area contributed by atoms with Crippen molar-refractivity contribution in [3.8, 4) is 0 Å². The monoisotopic (exact) mass is 400 g/mol. The third-order valence-electron chi connectivity index (χ3n) is 3.50. The van der Waals surface area contributed by atoms with Crippen LogP contribution in [0.5, 0.6) is 0 Å². The molecular weight excluding hydrogens is 381 g/mol. The Morgan fingerprint density at radius 2 is 1.76 bits per heavy atom. The van der Waals surface area contributed by atoms with E-state index >= 15 is 0 Å². The normalized spacial score (nSPS) is 13.1. The first-order valence-corrected chi connectivity index (χ1v) is 9.38. The van der Waals surface area contributed by atoms with Crippen LogP contribution in [0.1, 0.15) is 17.8 Å². The van der Waals surface area contributed by atoms with Gasteiger partial charge in [-0.05, 0) is 30.5 Å². The van der Waals surface area contributed by atoms with E-state index in [9.17, 15) is 9.59 Å². The van der Waals surface area contributed by atoms with Crippen molar-refractivity contribution in [2.75, 3.05) is 25.5 Å². The van der Waals surface area contributed by atoms with Gasteiger partial charge >= 0.3 is 0 Å². The summed E-state index contributed by atoms with van der Waals surface area (Å²) in [6.07, 6.45) is 0. The maximum absolute atomic E-state index is 12.1. The molecule has 0 bridgehead atoms. The van der Waals surface area contributed by atoms with Crippen molar-refractivity contribution in [2.24, 2.45) is 0 Å². The lowest BCUT2D eigenvalue weighted by atomic mass is 10.2. The van der Waals surface area contributed by atoms with Gasteiger partial charge in [0.05, 0.1) is 28.8 Å². The SMILES string of the molecule is C[C@H](NC(=O)C[NH+](C)CC(=O)Nc1c(Cl)cccc1Cl)c1cccs1. The number of rotatable bonds is 7. The number of halogens is 2. The largest absolute Gasteiger partial charge is 0.344 e. The second-order valence-electron chi connectivity index (χ2n) is 5.76. The highest BCUT2D eigenvalue weighted by atomic mass is 35.5. The van der Waals surface area contributed by atoms with Gasteiger partial charge in [0.25, 0.3) is 11.8 Å². The van der Waals surface area contributed by atoms with Gasteiger partial charge in [0, 0.05) is 4.88 Å². The fourth-order valence-corrected chi connectivity index (χ4v) is 3.54. The molecule has 0 radical (unpaired) electrons. The first-order chi connectivity index (χ1) is 11.9. The number of quaternary nitrogens is 1. The number of thiophene rings is 1. The lowest BCUT2D eigenvalue weighted by molar-refractivity contribution is -0.862. The number of carbonyl (C=O) groups excluding carboxylic acids is 2. The number of anilines is 1. The molecule has 2 atom stereocenters. The molecule has 0 aliphatic carbocycles. The van der Waals surface area contributed by atoms with Gasteiger partial charge in [-0.1, -0.05) is 35.3 Å². The molecule has 5 nitrogen and oxygen atoms in total. The van der Waals surface area contributed by atoms with Crippen molar-refractivity contribution in [3.05, 3.63) is 50.6 Å². The van der Waals surface area contributed by atoms with Gasteiger partial charge in [-0.15, -0.1) is 11.3 Å². The van der Waals surface area contributed by atoms with Crippen LogP contribution in [0.3, 0.4) is 0 Å². The van der Waals surface area contributed by atoms with E-state index in [4.69, 9.17) is 23.2 Å². The van der Waals surface area contributed by atoms with E-state index in [1.54, 1.807) is 36.6 Å². The van der Waals surface area contributed by atoms with E-state index in [1.165, 1.54) is 0 Å². The first kappa shape index (κ1) is 19.7. The van der Waals surface area contributed by atoms with E-state index < -0.39 is 0 Å². The number of amides is 2. The summed E-state index contributed by atoms with van der Waals surface area (Å²) in [6.45, 7) is 2.26. The minimum absolute atomic E-state index is 0.0453. The molecule has 1 aromatic carbocycles. The minimum atomic E-state index is -0.258. The Kier molecular flexibility index (Phi) is 7.25. The highest BCUT2D eigenvalue weighted by molar-refractivity contribution is 7.10. The molecule has 25 heavy (non-hydrogen) atoms. The number of hydrogen-bond donors (Lipinski definition) is 3. The lowest BCUT2D eigenvalue weighted by Gasteiger charge is -2.16. The highest BCUT2D eigenvalue weighted by Gasteiger charge is 2.18. The van der Waals surface area contributed by atoms with Gasteiger partial charge in [0.15, 0.2) is 13.1 Å². The van der Waals surface area contributed by atoms with Crippen LogP contribution in [0, 0.1) is 0 Å². The van der Waals surface area contributed by atoms with Gasteiger partial charge < -0.3 is 15.5 Å². The summed E-state index contributed by atoms with van der Waals surface area (Å²) in [5, 5.41) is 8.35. The third kappa shape index (κ3) is 6.01. The number of nitrogens with one attached hydrogen (secondary N) is 3. The second kappa shape index (κ2) is 9.20. The predicted molar refractivity (Wildman–Crippen MR) is 103 cm³/mol. The third-order valence-corrected chi connectivity index (χ3v) is 5.18. The van der Waals surface area contributed by atoms with Crippen LogP contribution in [0.4, 0.5) is 5.69 Å². The molecule has 0 fully saturated rings. The molecule has 2 aromatic rings. The fraction of sp³-hybridized carbons (Fsp3) is 0.294. The topological polar surface area (TPSA) is 62.6 Å². The molecule has 0 spiro atoms. The van der Waals surface area contributed by atoms with Gasteiger partial charge in [-0.3, -0.25) is 9.59 Å². The van der Waals surface area contributed by atoms with Crippen LogP contribution in [0.2, 0.25) is 10.0 Å². The van der Waals surface area contributed by atoms with Crippen molar-refractivity contribution in [1.29, 1.82) is 0 Å². The average Bonchev–Trinajstić information content (AvgIpc) is 3.05. The zero-order chi connectivity index (χ0) is 18.4. The van der Waals surface area contributed by atoms with Crippen LogP contribution in [-0.4, -0.2) is 32.0 Å². The highest BCUT2D eigenvalue weighted by Crippen LogP contribution is 2.29. The average molecular weight is 401 g/mol. The van der Waals surface area contributed by atoms with Gasteiger partial charge in [0.2, 0.25) is 0 Å². The molecule has 0 aliphatic heterocycles.